The number of aryl methyl sites for hydroxylation is 1. The van der Waals surface area contributed by atoms with Crippen LogP contribution in [0.5, 0.6) is 0 Å². The van der Waals surface area contributed by atoms with Gasteiger partial charge in [-0.05, 0) is 6.42 Å². The van der Waals surface area contributed by atoms with Gasteiger partial charge in [0.1, 0.15) is 5.69 Å². The van der Waals surface area contributed by atoms with Crippen LogP contribution in [0.25, 0.3) is 0 Å². The number of carbonyl (C=O) groups is 2. The minimum Gasteiger partial charge on any atom is -0.475 e. The molecule has 5 nitrogen and oxygen atoms in total. The Bertz CT molecular complexity index is 354. The zero-order valence-corrected chi connectivity index (χ0v) is 7.42. The van der Waals surface area contributed by atoms with Gasteiger partial charge in [0.25, 0.3) is 0 Å². The molecule has 1 aromatic heterocycles. The van der Waals surface area contributed by atoms with Crippen molar-refractivity contribution in [3.8, 4) is 0 Å². The quantitative estimate of drug-likeness (QED) is 0.679. The van der Waals surface area contributed by atoms with E-state index >= 15 is 0 Å². The van der Waals surface area contributed by atoms with Crippen molar-refractivity contribution in [2.45, 2.75) is 20.3 Å². The summed E-state index contributed by atoms with van der Waals surface area (Å²) in [7, 11) is 0. The number of nitrogens with zero attached hydrogens (tertiary/aromatic N) is 1. The molecule has 0 bridgehead atoms. The van der Waals surface area contributed by atoms with Crippen LogP contribution in [0.15, 0.2) is 0 Å². The van der Waals surface area contributed by atoms with Gasteiger partial charge in [0.15, 0.2) is 5.78 Å². The van der Waals surface area contributed by atoms with Crippen molar-refractivity contribution < 1.29 is 14.7 Å². The molecule has 1 rings (SSSR count). The molecule has 0 aliphatic heterocycles. The fourth-order valence-electron chi connectivity index (χ4n) is 1.06. The van der Waals surface area contributed by atoms with E-state index in [1.807, 2.05) is 6.92 Å². The monoisotopic (exact) mass is 182 g/mol. The van der Waals surface area contributed by atoms with Crippen molar-refractivity contribution in [1.82, 2.24) is 9.97 Å². The highest BCUT2D eigenvalue weighted by Gasteiger charge is 2.16. The molecule has 0 atom stereocenters. The van der Waals surface area contributed by atoms with Gasteiger partial charge in [-0.15, -0.1) is 0 Å². The molecule has 0 aliphatic carbocycles. The molecule has 0 aromatic carbocycles. The predicted octanol–water partition coefficient (Wildman–Crippen LogP) is 0.873. The average Bonchev–Trinajstić information content (AvgIpc) is 2.47. The van der Waals surface area contributed by atoms with Crippen LogP contribution in [0.2, 0.25) is 0 Å². The Morgan fingerprint density at radius 1 is 1.54 bits per heavy atom. The van der Waals surface area contributed by atoms with Crippen LogP contribution in [0.4, 0.5) is 0 Å². The summed E-state index contributed by atoms with van der Waals surface area (Å²) in [5.41, 5.74) is 0.796. The summed E-state index contributed by atoms with van der Waals surface area (Å²) in [6.45, 7) is 3.19. The highest BCUT2D eigenvalue weighted by atomic mass is 16.4. The number of nitrogens with one attached hydrogen (secondary N) is 1. The van der Waals surface area contributed by atoms with Gasteiger partial charge in [-0.3, -0.25) is 4.79 Å². The first-order chi connectivity index (χ1) is 6.06. The summed E-state index contributed by atoms with van der Waals surface area (Å²) in [5, 5.41) is 8.59. The lowest BCUT2D eigenvalue weighted by Gasteiger charge is -1.91. The van der Waals surface area contributed by atoms with E-state index in [1.165, 1.54) is 6.92 Å². The highest BCUT2D eigenvalue weighted by molar-refractivity contribution is 5.95. The molecule has 0 radical (unpaired) electrons. The minimum absolute atomic E-state index is 0.179. The highest BCUT2D eigenvalue weighted by Crippen LogP contribution is 2.07. The first-order valence-electron chi connectivity index (χ1n) is 3.89. The Hall–Kier alpha value is -1.65. The van der Waals surface area contributed by atoms with E-state index in [0.717, 1.165) is 0 Å². The first kappa shape index (κ1) is 9.44. The number of H-pyrrole nitrogens is 1. The van der Waals surface area contributed by atoms with E-state index in [-0.39, 0.29) is 17.3 Å². The number of Topliss-reactive ketones (excluding diaryl/α,β-unsaturated/α-hetero) is 1. The molecular weight excluding hydrogens is 172 g/mol. The van der Waals surface area contributed by atoms with Crippen LogP contribution in [0.3, 0.4) is 0 Å². The van der Waals surface area contributed by atoms with Gasteiger partial charge in [-0.1, -0.05) is 6.92 Å². The van der Waals surface area contributed by atoms with Crippen molar-refractivity contribution in [3.05, 3.63) is 17.2 Å². The van der Waals surface area contributed by atoms with E-state index in [1.54, 1.807) is 0 Å². The molecule has 0 saturated heterocycles. The van der Waals surface area contributed by atoms with Crippen LogP contribution in [0.1, 0.15) is 40.6 Å². The van der Waals surface area contributed by atoms with Crippen molar-refractivity contribution in [2.24, 2.45) is 0 Å². The third kappa shape index (κ3) is 1.74. The van der Waals surface area contributed by atoms with Crippen molar-refractivity contribution in [1.29, 1.82) is 0 Å². The Morgan fingerprint density at radius 2 is 2.15 bits per heavy atom. The molecule has 1 heterocycles. The molecule has 0 unspecified atom stereocenters. The Morgan fingerprint density at radius 3 is 2.46 bits per heavy atom. The third-order valence-corrected chi connectivity index (χ3v) is 1.67. The van der Waals surface area contributed by atoms with E-state index in [0.29, 0.717) is 12.1 Å². The van der Waals surface area contributed by atoms with E-state index in [4.69, 9.17) is 5.11 Å². The van der Waals surface area contributed by atoms with Gasteiger partial charge >= 0.3 is 5.97 Å². The zero-order chi connectivity index (χ0) is 10.0. The maximum Gasteiger partial charge on any atom is 0.371 e. The van der Waals surface area contributed by atoms with E-state index in [2.05, 4.69) is 9.97 Å². The second-order valence-corrected chi connectivity index (χ2v) is 2.63. The molecule has 0 amide bonds. The number of aromatic amines is 1. The molecule has 2 N–H and O–H groups in total. The molecule has 1 aromatic rings. The fraction of sp³-hybridized carbons (Fsp3) is 0.375. The summed E-state index contributed by atoms with van der Waals surface area (Å²) >= 11 is 0. The molecular formula is C8H10N2O3. The predicted molar refractivity (Wildman–Crippen MR) is 44.9 cm³/mol. The van der Waals surface area contributed by atoms with Crippen LogP contribution >= 0.6 is 0 Å². The number of aromatic nitrogens is 2. The number of carboxylic acids is 1. The lowest BCUT2D eigenvalue weighted by atomic mass is 10.2. The van der Waals surface area contributed by atoms with Gasteiger partial charge in [0.05, 0.1) is 0 Å². The lowest BCUT2D eigenvalue weighted by molar-refractivity contribution is 0.0684. The average molecular weight is 182 g/mol. The summed E-state index contributed by atoms with van der Waals surface area (Å²) in [5.74, 6) is -1.55. The number of hydrogen-bond acceptors (Lipinski definition) is 3. The van der Waals surface area contributed by atoms with Gasteiger partial charge in [0.2, 0.25) is 5.82 Å². The molecule has 70 valence electrons. The second-order valence-electron chi connectivity index (χ2n) is 2.63. The number of hydrogen-bond donors (Lipinski definition) is 2. The topological polar surface area (TPSA) is 83.1 Å². The summed E-state index contributed by atoms with van der Waals surface area (Å²) in [6.07, 6.45) is 0.565. The van der Waals surface area contributed by atoms with Crippen LogP contribution in [-0.2, 0) is 6.42 Å². The Labute approximate surface area is 74.8 Å². The number of ketones is 1. The van der Waals surface area contributed by atoms with Gasteiger partial charge in [-0.2, -0.15) is 0 Å². The van der Waals surface area contributed by atoms with E-state index in [9.17, 15) is 9.59 Å². The Balaban J connectivity index is 3.19. The fourth-order valence-corrected chi connectivity index (χ4v) is 1.06. The number of carbonyl (C=O) groups excluding carboxylic acids is 1. The van der Waals surface area contributed by atoms with Gasteiger partial charge in [-0.25, -0.2) is 9.78 Å². The zero-order valence-electron chi connectivity index (χ0n) is 7.42. The maximum absolute atomic E-state index is 11.0. The molecule has 0 aliphatic rings. The lowest BCUT2D eigenvalue weighted by Crippen LogP contribution is -2.00. The van der Waals surface area contributed by atoms with Crippen LogP contribution in [0, 0.1) is 0 Å². The van der Waals surface area contributed by atoms with Gasteiger partial charge in [0, 0.05) is 12.6 Å². The Kier molecular flexibility index (Phi) is 2.46. The molecule has 0 saturated carbocycles. The number of imidazole rings is 1. The van der Waals surface area contributed by atoms with Crippen molar-refractivity contribution in [3.63, 3.8) is 0 Å². The smallest absolute Gasteiger partial charge is 0.371 e. The summed E-state index contributed by atoms with van der Waals surface area (Å²) < 4.78 is 0. The van der Waals surface area contributed by atoms with Crippen molar-refractivity contribution >= 4 is 11.8 Å². The van der Waals surface area contributed by atoms with Gasteiger partial charge < -0.3 is 10.1 Å². The minimum atomic E-state index is -1.15. The molecule has 5 heteroatoms. The first-order valence-corrected chi connectivity index (χ1v) is 3.89. The number of aromatic carboxylic acids is 1. The number of rotatable bonds is 3. The third-order valence-electron chi connectivity index (χ3n) is 1.67. The van der Waals surface area contributed by atoms with Crippen LogP contribution in [-0.4, -0.2) is 26.8 Å². The van der Waals surface area contributed by atoms with E-state index < -0.39 is 5.97 Å². The molecule has 0 spiro atoms. The summed E-state index contributed by atoms with van der Waals surface area (Å²) in [6, 6.07) is 0. The van der Waals surface area contributed by atoms with Crippen molar-refractivity contribution in [2.75, 3.05) is 0 Å². The summed E-state index contributed by atoms with van der Waals surface area (Å²) in [4.78, 5) is 27.7. The normalized spacial score (nSPS) is 10.0. The molecule has 13 heavy (non-hydrogen) atoms. The SMILES string of the molecule is CCc1[nH]c(C(=O)O)nc1C(C)=O. The molecule has 0 fully saturated rings. The maximum atomic E-state index is 11.0. The number of carboxylic acid groups (broad SMARTS) is 1. The largest absolute Gasteiger partial charge is 0.475 e. The van der Waals surface area contributed by atoms with Crippen LogP contribution < -0.4 is 0 Å². The standard InChI is InChI=1S/C8H10N2O3/c1-3-5-6(4(2)11)10-7(9-5)8(12)13/h3H2,1-2H3,(H,9,10)(H,12,13). The second kappa shape index (κ2) is 3.38.